The largest absolute Gasteiger partial charge is 0.748 e. The van der Waals surface area contributed by atoms with Gasteiger partial charge in [-0.1, -0.05) is 12.1 Å². The lowest BCUT2D eigenvalue weighted by Crippen LogP contribution is -3.13. The Morgan fingerprint density at radius 2 is 2.13 bits per heavy atom. The molecule has 0 saturated carbocycles. The van der Waals surface area contributed by atoms with Crippen LogP contribution in [0, 0.1) is 0 Å². The van der Waals surface area contributed by atoms with Gasteiger partial charge in [0.15, 0.2) is 0 Å². The lowest BCUT2D eigenvalue weighted by Gasteiger charge is -2.28. The number of rotatable bonds is 6. The van der Waals surface area contributed by atoms with Gasteiger partial charge in [-0.2, -0.15) is 0 Å². The van der Waals surface area contributed by atoms with E-state index in [0.29, 0.717) is 12.3 Å². The Bertz CT molecular complexity index is 725. The number of aromatic nitrogens is 1. The number of nitrogens with one attached hydrogen (secondary N) is 1. The van der Waals surface area contributed by atoms with Crippen molar-refractivity contribution in [2.45, 2.75) is 31.6 Å². The third-order valence-electron chi connectivity index (χ3n) is 4.45. The van der Waals surface area contributed by atoms with Gasteiger partial charge in [-0.25, -0.2) is 13.4 Å². The highest BCUT2D eigenvalue weighted by Crippen LogP contribution is 2.30. The number of quaternary nitrogens is 1. The molecular weight excluding hydrogens is 332 g/mol. The van der Waals surface area contributed by atoms with Gasteiger partial charge in [0, 0.05) is 5.75 Å². The van der Waals surface area contributed by atoms with Crippen LogP contribution in [0.15, 0.2) is 24.3 Å². The van der Waals surface area contributed by atoms with Gasteiger partial charge in [0.2, 0.25) is 0 Å². The summed E-state index contributed by atoms with van der Waals surface area (Å²) < 4.78 is 33.2. The van der Waals surface area contributed by atoms with Crippen LogP contribution < -0.4 is 4.90 Å². The van der Waals surface area contributed by atoms with Crippen molar-refractivity contribution in [3.05, 3.63) is 29.3 Å². The predicted octanol–water partition coefficient (Wildman–Crippen LogP) is 1.38. The molecule has 5 nitrogen and oxygen atoms in total. The number of benzene rings is 1. The Morgan fingerprint density at radius 1 is 1.30 bits per heavy atom. The van der Waals surface area contributed by atoms with Crippen LogP contribution in [-0.2, 0) is 10.1 Å². The van der Waals surface area contributed by atoms with E-state index >= 15 is 0 Å². The summed E-state index contributed by atoms with van der Waals surface area (Å²) in [5, 5.41) is 1.23. The number of unbranched alkanes of at least 4 members (excludes halogenated alkanes) is 1. The number of likely N-dealkylation sites (tertiary alicyclic amines) is 1. The van der Waals surface area contributed by atoms with E-state index in [-0.39, 0.29) is 5.75 Å². The Morgan fingerprint density at radius 3 is 2.91 bits per heavy atom. The third-order valence-corrected chi connectivity index (χ3v) is 6.44. The molecule has 23 heavy (non-hydrogen) atoms. The Balaban J connectivity index is 1.55. The fourth-order valence-electron chi connectivity index (χ4n) is 3.31. The molecule has 1 fully saturated rings. The van der Waals surface area contributed by atoms with Crippen molar-refractivity contribution in [2.24, 2.45) is 0 Å². The summed E-state index contributed by atoms with van der Waals surface area (Å²) in [6.45, 7) is 3.13. The Hall–Kier alpha value is -1.02. The normalized spacial score (nSPS) is 22.5. The first-order valence-electron chi connectivity index (χ1n) is 8.14. The molecule has 0 radical (unpaired) electrons. The van der Waals surface area contributed by atoms with Crippen LogP contribution in [0.5, 0.6) is 0 Å². The van der Waals surface area contributed by atoms with Gasteiger partial charge in [-0.05, 0) is 37.8 Å². The minimum atomic E-state index is -4.06. The minimum absolute atomic E-state index is 0.235. The van der Waals surface area contributed by atoms with Gasteiger partial charge in [0.25, 0.3) is 0 Å². The van der Waals surface area contributed by atoms with Crippen molar-refractivity contribution >= 4 is 31.7 Å². The van der Waals surface area contributed by atoms with Crippen molar-refractivity contribution in [3.8, 4) is 0 Å². The lowest BCUT2D eigenvalue weighted by molar-refractivity contribution is -0.906. The first-order valence-corrected chi connectivity index (χ1v) is 10.5. The lowest BCUT2D eigenvalue weighted by atomic mass is 9.98. The zero-order valence-corrected chi connectivity index (χ0v) is 14.7. The molecule has 1 aromatic carbocycles. The maximum atomic E-state index is 10.6. The van der Waals surface area contributed by atoms with E-state index in [1.54, 1.807) is 11.3 Å². The van der Waals surface area contributed by atoms with Gasteiger partial charge in [-0.3, -0.25) is 0 Å². The van der Waals surface area contributed by atoms with E-state index in [4.69, 9.17) is 4.98 Å². The Labute approximate surface area is 141 Å². The number of fused-ring (bicyclic) bond motifs is 1. The second kappa shape index (κ2) is 7.25. The van der Waals surface area contributed by atoms with Crippen LogP contribution in [0.4, 0.5) is 0 Å². The summed E-state index contributed by atoms with van der Waals surface area (Å²) in [6, 6.07) is 8.25. The zero-order chi connectivity index (χ0) is 16.3. The van der Waals surface area contributed by atoms with E-state index < -0.39 is 10.1 Å². The average Bonchev–Trinajstić information content (AvgIpc) is 2.95. The van der Waals surface area contributed by atoms with Crippen LogP contribution in [0.1, 0.15) is 36.6 Å². The quantitative estimate of drug-likeness (QED) is 0.628. The number of hydrogen-bond acceptors (Lipinski definition) is 5. The molecule has 1 aliphatic heterocycles. The van der Waals surface area contributed by atoms with Crippen molar-refractivity contribution in [3.63, 3.8) is 0 Å². The molecule has 0 spiro atoms. The predicted molar refractivity (Wildman–Crippen MR) is 91.0 cm³/mol. The summed E-state index contributed by atoms with van der Waals surface area (Å²) in [6.07, 6.45) is 3.62. The standard InChI is InChI=1S/C16H22N2O3S2/c19-23(20,21)11-4-3-9-18-10-5-6-13(12-18)16-17-14-7-1-2-8-15(14)22-16/h1-2,7-8,13H,3-6,9-12H2,(H,19,20,21)/t13-/m0/s1. The summed E-state index contributed by atoms with van der Waals surface area (Å²) in [7, 11) is -4.06. The first-order chi connectivity index (χ1) is 11.0. The minimum Gasteiger partial charge on any atom is -0.748 e. The molecule has 1 saturated heterocycles. The van der Waals surface area contributed by atoms with Crippen molar-refractivity contribution in [2.75, 3.05) is 25.4 Å². The van der Waals surface area contributed by atoms with Gasteiger partial charge in [-0.15, -0.1) is 11.3 Å². The van der Waals surface area contributed by atoms with Crippen LogP contribution >= 0.6 is 11.3 Å². The molecule has 3 rings (SSSR count). The number of para-hydroxylation sites is 1. The molecule has 2 heterocycles. The Kier molecular flexibility index (Phi) is 5.31. The van der Waals surface area contributed by atoms with Crippen molar-refractivity contribution < 1.29 is 17.9 Å². The first kappa shape index (κ1) is 16.8. The maximum absolute atomic E-state index is 10.6. The molecule has 1 N–H and O–H groups in total. The van der Waals surface area contributed by atoms with E-state index in [0.717, 1.165) is 31.6 Å². The number of thiazole rings is 1. The molecule has 1 aliphatic rings. The maximum Gasteiger partial charge on any atom is 0.103 e. The van der Waals surface area contributed by atoms with Crippen LogP contribution in [0.3, 0.4) is 0 Å². The molecular formula is C16H22N2O3S2. The summed E-state index contributed by atoms with van der Waals surface area (Å²) in [5.74, 6) is 0.265. The van der Waals surface area contributed by atoms with Gasteiger partial charge >= 0.3 is 0 Å². The van der Waals surface area contributed by atoms with Gasteiger partial charge in [0.1, 0.15) is 5.01 Å². The number of nitrogens with zero attached hydrogens (tertiary/aromatic N) is 1. The van der Waals surface area contributed by atoms with E-state index in [1.165, 1.54) is 27.4 Å². The SMILES string of the molecule is O=S(=O)([O-])CCCC[NH+]1CCC[C@H](c2nc3ccccc3s2)C1. The van der Waals surface area contributed by atoms with E-state index in [2.05, 4.69) is 12.1 Å². The van der Waals surface area contributed by atoms with Crippen LogP contribution in [-0.4, -0.2) is 43.3 Å². The zero-order valence-electron chi connectivity index (χ0n) is 13.0. The molecule has 0 amide bonds. The molecule has 2 atom stereocenters. The average molecular weight is 354 g/mol. The van der Waals surface area contributed by atoms with Gasteiger partial charge < -0.3 is 9.45 Å². The summed E-state index contributed by atoms with van der Waals surface area (Å²) in [4.78, 5) is 6.29. The molecule has 0 bridgehead atoms. The summed E-state index contributed by atoms with van der Waals surface area (Å²) >= 11 is 1.79. The number of hydrogen-bond donors (Lipinski definition) is 1. The smallest absolute Gasteiger partial charge is 0.103 e. The topological polar surface area (TPSA) is 74.5 Å². The fraction of sp³-hybridized carbons (Fsp3) is 0.562. The van der Waals surface area contributed by atoms with Crippen LogP contribution in [0.2, 0.25) is 0 Å². The molecule has 2 aromatic rings. The van der Waals surface area contributed by atoms with Crippen molar-refractivity contribution in [1.82, 2.24) is 4.98 Å². The fourth-order valence-corrected chi connectivity index (χ4v) is 4.97. The highest BCUT2D eigenvalue weighted by atomic mass is 32.2. The number of piperidine rings is 1. The molecule has 1 unspecified atom stereocenters. The second-order valence-corrected chi connectivity index (χ2v) is 8.87. The monoisotopic (exact) mass is 354 g/mol. The van der Waals surface area contributed by atoms with E-state index in [9.17, 15) is 13.0 Å². The van der Waals surface area contributed by atoms with E-state index in [1.807, 2.05) is 12.1 Å². The third kappa shape index (κ3) is 4.73. The molecule has 7 heteroatoms. The molecule has 0 aliphatic carbocycles. The highest BCUT2D eigenvalue weighted by molar-refractivity contribution is 7.85. The summed E-state index contributed by atoms with van der Waals surface area (Å²) in [5.41, 5.74) is 1.08. The highest BCUT2D eigenvalue weighted by Gasteiger charge is 2.26. The van der Waals surface area contributed by atoms with Crippen LogP contribution in [0.25, 0.3) is 10.2 Å². The van der Waals surface area contributed by atoms with Crippen molar-refractivity contribution in [1.29, 1.82) is 0 Å². The second-order valence-electron chi connectivity index (χ2n) is 6.28. The van der Waals surface area contributed by atoms with Gasteiger partial charge in [0.05, 0.1) is 45.9 Å². The molecule has 1 aromatic heterocycles. The molecule has 126 valence electrons.